The fraction of sp³-hybridized carbons (Fsp3) is 0.316. The molecule has 0 bridgehead atoms. The van der Waals surface area contributed by atoms with Crippen molar-refractivity contribution >= 4 is 27.7 Å². The van der Waals surface area contributed by atoms with Gasteiger partial charge >= 0.3 is 0 Å². The highest BCUT2D eigenvalue weighted by molar-refractivity contribution is 9.10. The molecular formula is C38H40BrN3O5. The average molecular weight is 699 g/mol. The van der Waals surface area contributed by atoms with Gasteiger partial charge in [-0.05, 0) is 52.6 Å². The summed E-state index contributed by atoms with van der Waals surface area (Å²) < 4.78 is 18.9. The van der Waals surface area contributed by atoms with Crippen molar-refractivity contribution in [1.29, 1.82) is 0 Å². The number of aliphatic hydroxyl groups excluding tert-OH is 1. The fourth-order valence-corrected chi connectivity index (χ4v) is 6.43. The largest absolute Gasteiger partial charge is 0.494 e. The van der Waals surface area contributed by atoms with Gasteiger partial charge in [0.05, 0.1) is 19.8 Å². The highest BCUT2D eigenvalue weighted by Crippen LogP contribution is 2.43. The first-order valence-corrected chi connectivity index (χ1v) is 16.9. The molecule has 9 heteroatoms. The number of carbonyl (C=O) groups is 1. The van der Waals surface area contributed by atoms with Crippen molar-refractivity contribution in [2.75, 3.05) is 52.6 Å². The minimum atomic E-state index is -1.28. The number of hydrogen-bond donors (Lipinski definition) is 2. The van der Waals surface area contributed by atoms with Crippen LogP contribution in [0, 0.1) is 0 Å². The third-order valence-corrected chi connectivity index (χ3v) is 9.36. The number of nitrogens with one attached hydrogen (secondary N) is 1. The summed E-state index contributed by atoms with van der Waals surface area (Å²) in [6, 6.07) is 33.9. The third kappa shape index (κ3) is 7.93. The maximum atomic E-state index is 14.6. The molecule has 2 heterocycles. The molecule has 2 N–H and O–H groups in total. The number of hydrogen-bond acceptors (Lipinski definition) is 7. The number of ether oxygens (including phenoxy) is 3. The molecule has 1 amide bonds. The van der Waals surface area contributed by atoms with Gasteiger partial charge in [-0.2, -0.15) is 0 Å². The second kappa shape index (κ2) is 15.7. The number of aliphatic imine (C=N–C) groups is 1. The Kier molecular flexibility index (Phi) is 11.0. The van der Waals surface area contributed by atoms with Gasteiger partial charge in [-0.3, -0.25) is 9.69 Å². The number of halogens is 1. The molecule has 47 heavy (non-hydrogen) atoms. The van der Waals surface area contributed by atoms with Gasteiger partial charge in [0.1, 0.15) is 5.75 Å². The van der Waals surface area contributed by atoms with Crippen molar-refractivity contribution in [2.45, 2.75) is 24.5 Å². The summed E-state index contributed by atoms with van der Waals surface area (Å²) in [5, 5.41) is 12.3. The van der Waals surface area contributed by atoms with Crippen molar-refractivity contribution < 1.29 is 24.1 Å². The minimum Gasteiger partial charge on any atom is -0.494 e. The Bertz CT molecular complexity index is 1640. The molecule has 1 fully saturated rings. The van der Waals surface area contributed by atoms with Crippen LogP contribution in [0.4, 0.5) is 0 Å². The number of benzene rings is 4. The van der Waals surface area contributed by atoms with Crippen LogP contribution >= 0.6 is 15.9 Å². The molecule has 0 unspecified atom stereocenters. The number of aliphatic hydroxyl groups is 1. The topological polar surface area (TPSA) is 92.6 Å². The SMILES string of the molecule is O=C(NCCN1CCOCC1)[C@]1(Cc2ccccc2Br)N=C(c2ccc(OCCCO)cc2)O[C@@H]1c1ccc(-c2ccccc2)cc1. The van der Waals surface area contributed by atoms with Crippen LogP contribution in [0.1, 0.15) is 29.2 Å². The molecule has 0 aliphatic carbocycles. The van der Waals surface area contributed by atoms with Gasteiger partial charge in [0, 0.05) is 55.7 Å². The molecule has 0 radical (unpaired) electrons. The van der Waals surface area contributed by atoms with E-state index in [9.17, 15) is 4.79 Å². The fourth-order valence-electron chi connectivity index (χ4n) is 6.00. The van der Waals surface area contributed by atoms with Gasteiger partial charge in [0.25, 0.3) is 5.91 Å². The first-order valence-electron chi connectivity index (χ1n) is 16.1. The number of nitrogens with zero attached hydrogens (tertiary/aromatic N) is 2. The van der Waals surface area contributed by atoms with Gasteiger partial charge in [-0.15, -0.1) is 0 Å². The van der Waals surface area contributed by atoms with Gasteiger partial charge in [-0.1, -0.05) is 88.7 Å². The van der Waals surface area contributed by atoms with E-state index in [2.05, 4.69) is 50.4 Å². The van der Waals surface area contributed by atoms with E-state index >= 15 is 0 Å². The summed E-state index contributed by atoms with van der Waals surface area (Å²) in [6.45, 7) is 4.81. The lowest BCUT2D eigenvalue weighted by molar-refractivity contribution is -0.129. The molecule has 8 nitrogen and oxygen atoms in total. The Labute approximate surface area is 284 Å². The zero-order valence-electron chi connectivity index (χ0n) is 26.3. The molecule has 6 rings (SSSR count). The molecule has 2 atom stereocenters. The average Bonchev–Trinajstić information content (AvgIpc) is 3.51. The summed E-state index contributed by atoms with van der Waals surface area (Å²) >= 11 is 3.72. The quantitative estimate of drug-likeness (QED) is 0.171. The lowest BCUT2D eigenvalue weighted by Gasteiger charge is -2.32. The van der Waals surface area contributed by atoms with Crippen LogP contribution in [-0.4, -0.2) is 80.0 Å². The van der Waals surface area contributed by atoms with Crippen molar-refractivity contribution in [3.8, 4) is 16.9 Å². The predicted molar refractivity (Wildman–Crippen MR) is 187 cm³/mol. The molecular weight excluding hydrogens is 658 g/mol. The summed E-state index contributed by atoms with van der Waals surface area (Å²) in [4.78, 5) is 22.1. The molecule has 2 aliphatic rings. The predicted octanol–water partition coefficient (Wildman–Crippen LogP) is 5.83. The molecule has 1 saturated heterocycles. The molecule has 0 saturated carbocycles. The second-order valence-corrected chi connectivity index (χ2v) is 12.6. The molecule has 244 valence electrons. The van der Waals surface area contributed by atoms with Crippen LogP contribution in [0.25, 0.3) is 11.1 Å². The maximum Gasteiger partial charge on any atom is 0.252 e. The lowest BCUT2D eigenvalue weighted by Crippen LogP contribution is -2.51. The van der Waals surface area contributed by atoms with E-state index in [1.807, 2.05) is 78.9 Å². The van der Waals surface area contributed by atoms with Crippen molar-refractivity contribution in [3.63, 3.8) is 0 Å². The highest BCUT2D eigenvalue weighted by Gasteiger charge is 2.53. The monoisotopic (exact) mass is 697 g/mol. The Balaban J connectivity index is 1.36. The Hall–Kier alpha value is -4.02. The number of carbonyl (C=O) groups excluding carboxylic acids is 1. The standard InChI is InChI=1S/C38H40BrN3O5/c39-34-10-5-4-9-32(34)27-38(37(44)40-19-20-42-21-25-45-26-22-42)35(30-13-11-29(12-14-30)28-7-2-1-3-8-28)47-36(41-38)31-15-17-33(18-16-31)46-24-6-23-43/h1-5,7-18,35,43H,6,19-27H2,(H,40,44)/t35-,38-/m1/s1. The highest BCUT2D eigenvalue weighted by atomic mass is 79.9. The van der Waals surface area contributed by atoms with E-state index in [4.69, 9.17) is 24.3 Å². The number of morpholine rings is 1. The van der Waals surface area contributed by atoms with Crippen LogP contribution in [0.3, 0.4) is 0 Å². The Morgan fingerprint density at radius 1 is 0.915 bits per heavy atom. The van der Waals surface area contributed by atoms with Gasteiger partial charge in [0.15, 0.2) is 11.6 Å². The smallest absolute Gasteiger partial charge is 0.252 e. The Morgan fingerprint density at radius 2 is 1.60 bits per heavy atom. The summed E-state index contributed by atoms with van der Waals surface area (Å²) in [5.74, 6) is 0.909. The molecule has 0 spiro atoms. The number of rotatable bonds is 13. The van der Waals surface area contributed by atoms with Crippen LogP contribution in [0.5, 0.6) is 5.75 Å². The third-order valence-electron chi connectivity index (χ3n) is 8.59. The zero-order valence-corrected chi connectivity index (χ0v) is 27.9. The van der Waals surface area contributed by atoms with Crippen molar-refractivity contribution in [1.82, 2.24) is 10.2 Å². The Morgan fingerprint density at radius 3 is 2.32 bits per heavy atom. The van der Waals surface area contributed by atoms with Crippen LogP contribution in [-0.2, 0) is 20.7 Å². The minimum absolute atomic E-state index is 0.0740. The van der Waals surface area contributed by atoms with Crippen LogP contribution < -0.4 is 10.1 Å². The van der Waals surface area contributed by atoms with Crippen LogP contribution in [0.15, 0.2) is 113 Å². The zero-order chi connectivity index (χ0) is 32.5. The van der Waals surface area contributed by atoms with E-state index in [-0.39, 0.29) is 12.5 Å². The van der Waals surface area contributed by atoms with Gasteiger partial charge in [-0.25, -0.2) is 4.99 Å². The van der Waals surface area contributed by atoms with Crippen molar-refractivity contribution in [2.24, 2.45) is 4.99 Å². The van der Waals surface area contributed by atoms with Gasteiger partial charge < -0.3 is 24.6 Å². The van der Waals surface area contributed by atoms with Crippen LogP contribution in [0.2, 0.25) is 0 Å². The second-order valence-electron chi connectivity index (χ2n) is 11.8. The van der Waals surface area contributed by atoms with Crippen molar-refractivity contribution in [3.05, 3.63) is 124 Å². The van der Waals surface area contributed by atoms with E-state index in [0.29, 0.717) is 50.9 Å². The van der Waals surface area contributed by atoms with E-state index in [1.165, 1.54) is 0 Å². The normalized spacial score (nSPS) is 19.5. The van der Waals surface area contributed by atoms with Gasteiger partial charge in [0.2, 0.25) is 5.90 Å². The summed E-state index contributed by atoms with van der Waals surface area (Å²) in [7, 11) is 0. The first-order chi connectivity index (χ1) is 23.1. The molecule has 2 aliphatic heterocycles. The van der Waals surface area contributed by atoms with E-state index in [1.54, 1.807) is 0 Å². The summed E-state index contributed by atoms with van der Waals surface area (Å²) in [6.07, 6.45) is 0.202. The summed E-state index contributed by atoms with van der Waals surface area (Å²) in [5.41, 5.74) is 3.49. The molecule has 4 aromatic carbocycles. The maximum absolute atomic E-state index is 14.6. The number of amides is 1. The molecule has 0 aromatic heterocycles. The molecule has 4 aromatic rings. The first kappa shape index (κ1) is 32.9. The lowest BCUT2D eigenvalue weighted by atomic mass is 9.81. The van der Waals surface area contributed by atoms with E-state index < -0.39 is 11.6 Å². The van der Waals surface area contributed by atoms with E-state index in [0.717, 1.165) is 51.9 Å².